The monoisotopic (exact) mass is 406 g/mol. The Kier molecular flexibility index (Phi) is 7.06. The summed E-state index contributed by atoms with van der Waals surface area (Å²) < 4.78 is 6.26. The minimum Gasteiger partial charge on any atom is -0.497 e. The molecule has 0 amide bonds. The Bertz CT molecular complexity index is 673. The zero-order valence-electron chi connectivity index (χ0n) is 14.2. The molecule has 1 atom stereocenters. The van der Waals surface area contributed by atoms with Gasteiger partial charge in [0.2, 0.25) is 0 Å². The predicted octanol–water partition coefficient (Wildman–Crippen LogP) is 5.53. The van der Waals surface area contributed by atoms with Gasteiger partial charge in [0.15, 0.2) is 5.11 Å². The van der Waals surface area contributed by atoms with Crippen LogP contribution in [0.15, 0.2) is 53.0 Å². The fourth-order valence-corrected chi connectivity index (χ4v) is 3.14. The Morgan fingerprint density at radius 2 is 1.88 bits per heavy atom. The molecule has 0 saturated carbocycles. The molecule has 0 bridgehead atoms. The molecule has 2 aromatic carbocycles. The van der Waals surface area contributed by atoms with E-state index in [1.807, 2.05) is 36.4 Å². The van der Waals surface area contributed by atoms with E-state index in [9.17, 15) is 0 Å². The lowest BCUT2D eigenvalue weighted by Gasteiger charge is -2.23. The molecule has 5 heteroatoms. The predicted molar refractivity (Wildman–Crippen MR) is 109 cm³/mol. The number of anilines is 1. The van der Waals surface area contributed by atoms with Gasteiger partial charge < -0.3 is 15.4 Å². The third kappa shape index (κ3) is 5.80. The van der Waals surface area contributed by atoms with Crippen LogP contribution in [-0.4, -0.2) is 12.2 Å². The summed E-state index contributed by atoms with van der Waals surface area (Å²) >= 11 is 8.97. The van der Waals surface area contributed by atoms with Crippen molar-refractivity contribution in [2.24, 2.45) is 5.92 Å². The van der Waals surface area contributed by atoms with Gasteiger partial charge in [0.05, 0.1) is 13.2 Å². The summed E-state index contributed by atoms with van der Waals surface area (Å²) in [7, 11) is 1.68. The average Bonchev–Trinajstić information content (AvgIpc) is 2.54. The van der Waals surface area contributed by atoms with Crippen LogP contribution >= 0.6 is 28.1 Å². The highest BCUT2D eigenvalue weighted by atomic mass is 79.9. The SMILES string of the molecule is COc1ccc(C(CC(C)C)NC(=S)Nc2cccc(Br)c2)cc1. The fourth-order valence-electron chi connectivity index (χ4n) is 2.48. The van der Waals surface area contributed by atoms with Crippen molar-refractivity contribution in [1.29, 1.82) is 0 Å². The Labute approximate surface area is 157 Å². The summed E-state index contributed by atoms with van der Waals surface area (Å²) in [6.45, 7) is 4.42. The Morgan fingerprint density at radius 3 is 2.46 bits per heavy atom. The first-order valence-electron chi connectivity index (χ1n) is 7.95. The maximum absolute atomic E-state index is 5.49. The second kappa shape index (κ2) is 9.04. The lowest BCUT2D eigenvalue weighted by Crippen LogP contribution is -2.33. The summed E-state index contributed by atoms with van der Waals surface area (Å²) in [5.41, 5.74) is 2.16. The van der Waals surface area contributed by atoms with Gasteiger partial charge in [-0.05, 0) is 60.5 Å². The van der Waals surface area contributed by atoms with Crippen molar-refractivity contribution in [1.82, 2.24) is 5.32 Å². The van der Waals surface area contributed by atoms with Crippen molar-refractivity contribution in [3.8, 4) is 5.75 Å². The lowest BCUT2D eigenvalue weighted by molar-refractivity contribution is 0.414. The number of thiocarbonyl (C=S) groups is 1. The molecule has 0 aliphatic rings. The molecule has 3 nitrogen and oxygen atoms in total. The zero-order chi connectivity index (χ0) is 17.5. The van der Waals surface area contributed by atoms with Crippen LogP contribution in [0.3, 0.4) is 0 Å². The van der Waals surface area contributed by atoms with E-state index in [2.05, 4.69) is 52.5 Å². The van der Waals surface area contributed by atoms with Crippen molar-refractivity contribution in [3.05, 3.63) is 58.6 Å². The number of halogens is 1. The van der Waals surface area contributed by atoms with Crippen LogP contribution in [0.4, 0.5) is 5.69 Å². The lowest BCUT2D eigenvalue weighted by atomic mass is 9.97. The van der Waals surface area contributed by atoms with E-state index in [1.165, 1.54) is 5.56 Å². The summed E-state index contributed by atoms with van der Waals surface area (Å²) in [4.78, 5) is 0. The van der Waals surface area contributed by atoms with Crippen molar-refractivity contribution in [3.63, 3.8) is 0 Å². The molecule has 0 spiro atoms. The van der Waals surface area contributed by atoms with Crippen molar-refractivity contribution in [2.45, 2.75) is 26.3 Å². The Hall–Kier alpha value is -1.59. The topological polar surface area (TPSA) is 33.3 Å². The van der Waals surface area contributed by atoms with Crippen molar-refractivity contribution >= 4 is 38.9 Å². The molecule has 2 aromatic rings. The molecule has 2 N–H and O–H groups in total. The average molecular weight is 407 g/mol. The number of hydrogen-bond acceptors (Lipinski definition) is 2. The summed E-state index contributed by atoms with van der Waals surface area (Å²) in [5.74, 6) is 1.41. The van der Waals surface area contributed by atoms with Crippen molar-refractivity contribution < 1.29 is 4.74 Å². The van der Waals surface area contributed by atoms with Crippen LogP contribution in [-0.2, 0) is 0 Å². The third-order valence-corrected chi connectivity index (χ3v) is 4.33. The number of nitrogens with one attached hydrogen (secondary N) is 2. The summed E-state index contributed by atoms with van der Waals surface area (Å²) in [6.07, 6.45) is 0.993. The molecule has 0 aromatic heterocycles. The highest BCUT2D eigenvalue weighted by molar-refractivity contribution is 9.10. The van der Waals surface area contributed by atoms with Crippen LogP contribution in [0.1, 0.15) is 31.9 Å². The van der Waals surface area contributed by atoms with Crippen LogP contribution in [0, 0.1) is 5.92 Å². The highest BCUT2D eigenvalue weighted by Crippen LogP contribution is 2.24. The number of ether oxygens (including phenoxy) is 1. The van der Waals surface area contributed by atoms with E-state index in [0.29, 0.717) is 11.0 Å². The summed E-state index contributed by atoms with van der Waals surface area (Å²) in [6, 6.07) is 16.2. The van der Waals surface area contributed by atoms with Crippen LogP contribution < -0.4 is 15.4 Å². The number of methoxy groups -OCH3 is 1. The van der Waals surface area contributed by atoms with E-state index < -0.39 is 0 Å². The van der Waals surface area contributed by atoms with Gasteiger partial charge in [0.1, 0.15) is 5.75 Å². The fraction of sp³-hybridized carbons (Fsp3) is 0.316. The second-order valence-electron chi connectivity index (χ2n) is 6.06. The molecule has 24 heavy (non-hydrogen) atoms. The molecule has 0 heterocycles. The molecule has 0 radical (unpaired) electrons. The number of benzene rings is 2. The maximum Gasteiger partial charge on any atom is 0.171 e. The second-order valence-corrected chi connectivity index (χ2v) is 7.39. The molecule has 0 aliphatic heterocycles. The summed E-state index contributed by atoms with van der Waals surface area (Å²) in [5, 5.41) is 7.30. The van der Waals surface area contributed by atoms with Gasteiger partial charge >= 0.3 is 0 Å². The van der Waals surface area contributed by atoms with Gasteiger partial charge in [-0.3, -0.25) is 0 Å². The largest absolute Gasteiger partial charge is 0.497 e. The number of hydrogen-bond donors (Lipinski definition) is 2. The molecule has 0 fully saturated rings. The third-order valence-electron chi connectivity index (χ3n) is 3.61. The normalized spacial score (nSPS) is 11.9. The molecular weight excluding hydrogens is 384 g/mol. The molecule has 128 valence electrons. The van der Waals surface area contributed by atoms with Crippen LogP contribution in [0.5, 0.6) is 5.75 Å². The molecule has 0 aliphatic carbocycles. The van der Waals surface area contributed by atoms with E-state index in [4.69, 9.17) is 17.0 Å². The molecule has 0 saturated heterocycles. The Morgan fingerprint density at radius 1 is 1.17 bits per heavy atom. The van der Waals surface area contributed by atoms with Gasteiger partial charge in [-0.2, -0.15) is 0 Å². The smallest absolute Gasteiger partial charge is 0.171 e. The number of rotatable bonds is 6. The Balaban J connectivity index is 2.08. The van der Waals surface area contributed by atoms with Crippen molar-refractivity contribution in [2.75, 3.05) is 12.4 Å². The molecular formula is C19H23BrN2OS. The maximum atomic E-state index is 5.49. The first-order valence-corrected chi connectivity index (χ1v) is 9.15. The minimum absolute atomic E-state index is 0.156. The van der Waals surface area contributed by atoms with Gasteiger partial charge in [0.25, 0.3) is 0 Å². The van der Waals surface area contributed by atoms with E-state index in [0.717, 1.165) is 22.3 Å². The van der Waals surface area contributed by atoms with E-state index >= 15 is 0 Å². The van der Waals surface area contributed by atoms with Gasteiger partial charge in [-0.25, -0.2) is 0 Å². The standard InChI is InChI=1S/C19H23BrN2OS/c1-13(2)11-18(14-7-9-17(23-3)10-8-14)22-19(24)21-16-6-4-5-15(20)12-16/h4-10,12-13,18H,11H2,1-3H3,(H2,21,22,24). The van der Waals surface area contributed by atoms with Gasteiger partial charge in [0, 0.05) is 10.2 Å². The van der Waals surface area contributed by atoms with Crippen LogP contribution in [0.25, 0.3) is 0 Å². The van der Waals surface area contributed by atoms with E-state index in [-0.39, 0.29) is 6.04 Å². The molecule has 2 rings (SSSR count). The van der Waals surface area contributed by atoms with Gasteiger partial charge in [-0.15, -0.1) is 0 Å². The molecule has 1 unspecified atom stereocenters. The highest BCUT2D eigenvalue weighted by Gasteiger charge is 2.15. The quantitative estimate of drug-likeness (QED) is 0.617. The van der Waals surface area contributed by atoms with Gasteiger partial charge in [-0.1, -0.05) is 48.0 Å². The van der Waals surface area contributed by atoms with Crippen LogP contribution in [0.2, 0.25) is 0 Å². The minimum atomic E-state index is 0.156. The first kappa shape index (κ1) is 18.7. The first-order chi connectivity index (χ1) is 11.5. The zero-order valence-corrected chi connectivity index (χ0v) is 16.6. The van der Waals surface area contributed by atoms with E-state index in [1.54, 1.807) is 7.11 Å².